The molecule has 0 unspecified atom stereocenters. The fourth-order valence-corrected chi connectivity index (χ4v) is 1.80. The van der Waals surface area contributed by atoms with Gasteiger partial charge in [0, 0.05) is 18.4 Å². The standard InChI is InChI=1S/C12H13N5O4/c1-2-13-8-3-4-14-9(5-8)6-16-7-10(17(20)21)11(18)15-12(16)19/h3-5,7H,2,6H2,1H3,(H,13,14)(H,15,18,19). The average molecular weight is 291 g/mol. The number of nitrogens with one attached hydrogen (secondary N) is 2. The lowest BCUT2D eigenvalue weighted by molar-refractivity contribution is -0.386. The van der Waals surface area contributed by atoms with Crippen LogP contribution in [0.5, 0.6) is 0 Å². The quantitative estimate of drug-likeness (QED) is 0.604. The Morgan fingerprint density at radius 1 is 1.48 bits per heavy atom. The summed E-state index contributed by atoms with van der Waals surface area (Å²) in [5.41, 5.74) is -1.05. The lowest BCUT2D eigenvalue weighted by Crippen LogP contribution is -2.31. The van der Waals surface area contributed by atoms with Crippen LogP contribution in [0.4, 0.5) is 11.4 Å². The van der Waals surface area contributed by atoms with Gasteiger partial charge in [0.05, 0.1) is 23.4 Å². The van der Waals surface area contributed by atoms with Gasteiger partial charge in [-0.2, -0.15) is 0 Å². The Balaban J connectivity index is 2.37. The zero-order chi connectivity index (χ0) is 15.4. The summed E-state index contributed by atoms with van der Waals surface area (Å²) in [4.78, 5) is 38.9. The normalized spacial score (nSPS) is 10.3. The molecule has 9 heteroatoms. The predicted molar refractivity (Wildman–Crippen MR) is 75.5 cm³/mol. The highest BCUT2D eigenvalue weighted by molar-refractivity contribution is 5.43. The van der Waals surface area contributed by atoms with Gasteiger partial charge in [0.1, 0.15) is 0 Å². The van der Waals surface area contributed by atoms with E-state index >= 15 is 0 Å². The lowest BCUT2D eigenvalue weighted by atomic mass is 10.3. The minimum absolute atomic E-state index is 0.0235. The number of hydrogen-bond donors (Lipinski definition) is 2. The maximum absolute atomic E-state index is 11.7. The predicted octanol–water partition coefficient (Wildman–Crippen LogP) is 0.320. The first-order valence-electron chi connectivity index (χ1n) is 6.18. The Kier molecular flexibility index (Phi) is 4.12. The van der Waals surface area contributed by atoms with Gasteiger partial charge in [0.2, 0.25) is 0 Å². The smallest absolute Gasteiger partial charge is 0.350 e. The molecule has 0 aliphatic heterocycles. The second-order valence-corrected chi connectivity index (χ2v) is 4.22. The van der Waals surface area contributed by atoms with Crippen molar-refractivity contribution in [3.8, 4) is 0 Å². The molecule has 2 rings (SSSR count). The highest BCUT2D eigenvalue weighted by Crippen LogP contribution is 2.09. The van der Waals surface area contributed by atoms with Crippen LogP contribution in [0.25, 0.3) is 0 Å². The summed E-state index contributed by atoms with van der Waals surface area (Å²) in [5.74, 6) is 0. The fraction of sp³-hybridized carbons (Fsp3) is 0.250. The molecule has 0 atom stereocenters. The minimum Gasteiger partial charge on any atom is -0.385 e. The van der Waals surface area contributed by atoms with Gasteiger partial charge in [-0.3, -0.25) is 29.4 Å². The molecule has 2 N–H and O–H groups in total. The molecule has 0 bridgehead atoms. The Bertz CT molecular complexity index is 780. The summed E-state index contributed by atoms with van der Waals surface area (Å²) in [6.45, 7) is 2.69. The summed E-state index contributed by atoms with van der Waals surface area (Å²) < 4.78 is 1.04. The van der Waals surface area contributed by atoms with Gasteiger partial charge in [0.25, 0.3) is 0 Å². The summed E-state index contributed by atoms with van der Waals surface area (Å²) in [7, 11) is 0. The molecule has 0 radical (unpaired) electrons. The van der Waals surface area contributed by atoms with Crippen molar-refractivity contribution in [1.82, 2.24) is 14.5 Å². The van der Waals surface area contributed by atoms with E-state index < -0.39 is 21.9 Å². The van der Waals surface area contributed by atoms with Crippen molar-refractivity contribution in [2.45, 2.75) is 13.5 Å². The number of nitrogens with zero attached hydrogens (tertiary/aromatic N) is 3. The van der Waals surface area contributed by atoms with Crippen molar-refractivity contribution in [2.24, 2.45) is 0 Å². The molecular weight excluding hydrogens is 278 g/mol. The van der Waals surface area contributed by atoms with E-state index in [0.717, 1.165) is 23.0 Å². The molecule has 0 spiro atoms. The van der Waals surface area contributed by atoms with E-state index in [0.29, 0.717) is 5.69 Å². The summed E-state index contributed by atoms with van der Waals surface area (Å²) in [6.07, 6.45) is 2.49. The molecule has 0 amide bonds. The zero-order valence-corrected chi connectivity index (χ0v) is 11.2. The van der Waals surface area contributed by atoms with Crippen LogP contribution in [-0.4, -0.2) is 26.0 Å². The zero-order valence-electron chi connectivity index (χ0n) is 11.2. The molecule has 0 aliphatic carbocycles. The van der Waals surface area contributed by atoms with Crippen molar-refractivity contribution >= 4 is 11.4 Å². The molecule has 0 fully saturated rings. The minimum atomic E-state index is -1.02. The molecular formula is C12H13N5O4. The first kappa shape index (κ1) is 14.4. The van der Waals surface area contributed by atoms with Crippen LogP contribution in [0.15, 0.2) is 34.1 Å². The third-order valence-electron chi connectivity index (χ3n) is 2.72. The van der Waals surface area contributed by atoms with Crippen molar-refractivity contribution in [3.05, 3.63) is 61.2 Å². The van der Waals surface area contributed by atoms with Crippen LogP contribution in [-0.2, 0) is 6.54 Å². The van der Waals surface area contributed by atoms with Gasteiger partial charge in [-0.25, -0.2) is 4.79 Å². The van der Waals surface area contributed by atoms with Crippen molar-refractivity contribution in [2.75, 3.05) is 11.9 Å². The summed E-state index contributed by atoms with van der Waals surface area (Å²) in [5, 5.41) is 13.8. The number of aromatic nitrogens is 3. The van der Waals surface area contributed by atoms with E-state index in [4.69, 9.17) is 0 Å². The lowest BCUT2D eigenvalue weighted by Gasteiger charge is -2.07. The molecule has 9 nitrogen and oxygen atoms in total. The highest BCUT2D eigenvalue weighted by atomic mass is 16.6. The third kappa shape index (κ3) is 3.32. The van der Waals surface area contributed by atoms with E-state index in [1.165, 1.54) is 0 Å². The van der Waals surface area contributed by atoms with E-state index in [1.807, 2.05) is 11.9 Å². The van der Waals surface area contributed by atoms with Crippen LogP contribution < -0.4 is 16.6 Å². The second kappa shape index (κ2) is 5.99. The van der Waals surface area contributed by atoms with Crippen molar-refractivity contribution in [1.29, 1.82) is 0 Å². The Morgan fingerprint density at radius 3 is 2.90 bits per heavy atom. The monoisotopic (exact) mass is 291 g/mol. The van der Waals surface area contributed by atoms with Gasteiger partial charge >= 0.3 is 16.9 Å². The van der Waals surface area contributed by atoms with Crippen LogP contribution in [0.1, 0.15) is 12.6 Å². The van der Waals surface area contributed by atoms with Crippen molar-refractivity contribution < 1.29 is 4.92 Å². The van der Waals surface area contributed by atoms with Gasteiger partial charge in [-0.05, 0) is 19.1 Å². The van der Waals surface area contributed by atoms with Crippen LogP contribution >= 0.6 is 0 Å². The average Bonchev–Trinajstić information content (AvgIpc) is 2.42. The molecule has 0 aliphatic rings. The largest absolute Gasteiger partial charge is 0.385 e. The van der Waals surface area contributed by atoms with Crippen LogP contribution in [0, 0.1) is 10.1 Å². The molecule has 2 aromatic heterocycles. The number of anilines is 1. The topological polar surface area (TPSA) is 123 Å². The van der Waals surface area contributed by atoms with Crippen LogP contribution in [0.3, 0.4) is 0 Å². The number of rotatable bonds is 5. The maximum atomic E-state index is 11.7. The van der Waals surface area contributed by atoms with E-state index in [1.54, 1.807) is 18.3 Å². The molecule has 0 aromatic carbocycles. The van der Waals surface area contributed by atoms with Crippen LogP contribution in [0.2, 0.25) is 0 Å². The fourth-order valence-electron chi connectivity index (χ4n) is 1.80. The number of aromatic amines is 1. The van der Waals surface area contributed by atoms with Crippen molar-refractivity contribution in [3.63, 3.8) is 0 Å². The van der Waals surface area contributed by atoms with Gasteiger partial charge in [0.15, 0.2) is 0 Å². The SMILES string of the molecule is CCNc1ccnc(Cn2cc([N+](=O)[O-])c(=O)[nH]c2=O)c1. The van der Waals surface area contributed by atoms with E-state index in [-0.39, 0.29) is 6.54 Å². The van der Waals surface area contributed by atoms with E-state index in [2.05, 4.69) is 10.3 Å². The Morgan fingerprint density at radius 2 is 2.24 bits per heavy atom. The molecule has 21 heavy (non-hydrogen) atoms. The number of pyridine rings is 1. The number of nitro groups is 1. The molecule has 2 aromatic rings. The van der Waals surface area contributed by atoms with E-state index in [9.17, 15) is 19.7 Å². The Hall–Kier alpha value is -2.97. The molecule has 0 saturated carbocycles. The molecule has 110 valence electrons. The van der Waals surface area contributed by atoms with Gasteiger partial charge in [-0.15, -0.1) is 0 Å². The van der Waals surface area contributed by atoms with Gasteiger partial charge in [-0.1, -0.05) is 0 Å². The first-order valence-corrected chi connectivity index (χ1v) is 6.18. The molecule has 0 saturated heterocycles. The maximum Gasteiger partial charge on any atom is 0.350 e. The first-order chi connectivity index (χ1) is 10.0. The third-order valence-corrected chi connectivity index (χ3v) is 2.72. The Labute approximate surface area is 118 Å². The molecule has 2 heterocycles. The summed E-state index contributed by atoms with van der Waals surface area (Å²) >= 11 is 0. The number of H-pyrrole nitrogens is 1. The van der Waals surface area contributed by atoms with Gasteiger partial charge < -0.3 is 5.32 Å². The second-order valence-electron chi connectivity index (χ2n) is 4.22. The summed E-state index contributed by atoms with van der Waals surface area (Å²) in [6, 6.07) is 3.50. The number of hydrogen-bond acceptors (Lipinski definition) is 6. The highest BCUT2D eigenvalue weighted by Gasteiger charge is 2.15.